The number of hydrogen-bond donors (Lipinski definition) is 0. The van der Waals surface area contributed by atoms with Gasteiger partial charge in [0.1, 0.15) is 17.1 Å². The maximum atomic E-state index is 12.8. The molecule has 0 N–H and O–H groups in total. The van der Waals surface area contributed by atoms with Crippen molar-refractivity contribution in [1.29, 1.82) is 0 Å². The zero-order chi connectivity index (χ0) is 14.5. The molecule has 5 heteroatoms. The molecular weight excluding hydrogens is 278 g/mol. The van der Waals surface area contributed by atoms with E-state index in [9.17, 15) is 4.79 Å². The Balaban J connectivity index is 2.34. The number of carbonyl (C=O) groups is 1. The third-order valence-corrected chi connectivity index (χ3v) is 3.91. The number of nitrogens with zero attached hydrogens (tertiary/aromatic N) is 1. The summed E-state index contributed by atoms with van der Waals surface area (Å²) in [6, 6.07) is 5.64. The van der Waals surface area contributed by atoms with Crippen molar-refractivity contribution >= 4 is 17.5 Å². The molecule has 20 heavy (non-hydrogen) atoms. The van der Waals surface area contributed by atoms with E-state index in [1.54, 1.807) is 26.4 Å². The summed E-state index contributed by atoms with van der Waals surface area (Å²) < 4.78 is 10.6. The Hall–Kier alpha value is -1.42. The number of alkyl halides is 1. The minimum atomic E-state index is -0.0651. The SMILES string of the molecule is COc1cccc(OC)c1C(=O)N(CCCl)C1CCC1. The minimum Gasteiger partial charge on any atom is -0.496 e. The first-order valence-corrected chi connectivity index (χ1v) is 7.34. The van der Waals surface area contributed by atoms with Gasteiger partial charge in [0.15, 0.2) is 0 Å². The summed E-state index contributed by atoms with van der Waals surface area (Å²) in [6.07, 6.45) is 3.25. The van der Waals surface area contributed by atoms with Gasteiger partial charge in [0.25, 0.3) is 5.91 Å². The van der Waals surface area contributed by atoms with Gasteiger partial charge in [0.2, 0.25) is 0 Å². The van der Waals surface area contributed by atoms with Crippen LogP contribution in [0, 0.1) is 0 Å². The molecule has 110 valence electrons. The molecule has 0 spiro atoms. The van der Waals surface area contributed by atoms with Crippen molar-refractivity contribution in [3.63, 3.8) is 0 Å². The number of carbonyl (C=O) groups excluding carboxylic acids is 1. The fraction of sp³-hybridized carbons (Fsp3) is 0.533. The van der Waals surface area contributed by atoms with E-state index in [2.05, 4.69) is 0 Å². The lowest BCUT2D eigenvalue weighted by molar-refractivity contribution is 0.0591. The molecule has 1 aromatic carbocycles. The average Bonchev–Trinajstić information content (AvgIpc) is 2.43. The van der Waals surface area contributed by atoms with Gasteiger partial charge in [-0.15, -0.1) is 11.6 Å². The number of benzene rings is 1. The Morgan fingerprint density at radius 2 is 1.90 bits per heavy atom. The van der Waals surface area contributed by atoms with E-state index in [0.29, 0.717) is 29.5 Å². The lowest BCUT2D eigenvalue weighted by atomic mass is 9.91. The monoisotopic (exact) mass is 297 g/mol. The second kappa shape index (κ2) is 6.84. The summed E-state index contributed by atoms with van der Waals surface area (Å²) in [5.74, 6) is 1.44. The highest BCUT2D eigenvalue weighted by molar-refractivity contribution is 6.18. The quantitative estimate of drug-likeness (QED) is 0.758. The van der Waals surface area contributed by atoms with Crippen LogP contribution in [0.1, 0.15) is 29.6 Å². The van der Waals surface area contributed by atoms with Crippen LogP contribution in [-0.2, 0) is 0 Å². The Kier molecular flexibility index (Phi) is 5.12. The highest BCUT2D eigenvalue weighted by atomic mass is 35.5. The summed E-state index contributed by atoms with van der Waals surface area (Å²) >= 11 is 5.84. The smallest absolute Gasteiger partial charge is 0.261 e. The third kappa shape index (κ3) is 2.85. The number of ether oxygens (including phenoxy) is 2. The van der Waals surface area contributed by atoms with E-state index in [1.807, 2.05) is 11.0 Å². The van der Waals surface area contributed by atoms with E-state index in [0.717, 1.165) is 12.8 Å². The van der Waals surface area contributed by atoms with Gasteiger partial charge in [-0.2, -0.15) is 0 Å². The number of methoxy groups -OCH3 is 2. The Morgan fingerprint density at radius 3 is 2.30 bits per heavy atom. The van der Waals surface area contributed by atoms with Gasteiger partial charge in [-0.3, -0.25) is 4.79 Å². The molecule has 1 aromatic rings. The van der Waals surface area contributed by atoms with Crippen LogP contribution < -0.4 is 9.47 Å². The molecular formula is C15H20ClNO3. The van der Waals surface area contributed by atoms with Gasteiger partial charge >= 0.3 is 0 Å². The first kappa shape index (κ1) is 15.0. The van der Waals surface area contributed by atoms with Crippen LogP contribution in [0.15, 0.2) is 18.2 Å². The maximum Gasteiger partial charge on any atom is 0.261 e. The summed E-state index contributed by atoms with van der Waals surface area (Å²) in [4.78, 5) is 14.7. The molecule has 0 bridgehead atoms. The maximum absolute atomic E-state index is 12.8. The highest BCUT2D eigenvalue weighted by Gasteiger charge is 2.31. The molecule has 1 amide bonds. The molecule has 0 aromatic heterocycles. The molecule has 0 radical (unpaired) electrons. The summed E-state index contributed by atoms with van der Waals surface area (Å²) in [5, 5.41) is 0. The zero-order valence-corrected chi connectivity index (χ0v) is 12.7. The number of hydrogen-bond acceptors (Lipinski definition) is 3. The number of halogens is 1. The molecule has 0 saturated heterocycles. The molecule has 4 nitrogen and oxygen atoms in total. The molecule has 1 saturated carbocycles. The molecule has 0 aliphatic heterocycles. The average molecular weight is 298 g/mol. The van der Waals surface area contributed by atoms with Crippen molar-refractivity contribution in [1.82, 2.24) is 4.90 Å². The fourth-order valence-electron chi connectivity index (χ4n) is 2.44. The van der Waals surface area contributed by atoms with E-state index in [1.165, 1.54) is 6.42 Å². The van der Waals surface area contributed by atoms with Crippen LogP contribution in [0.5, 0.6) is 11.5 Å². The molecule has 1 fully saturated rings. The summed E-state index contributed by atoms with van der Waals surface area (Å²) in [5.41, 5.74) is 0.481. The molecule has 0 unspecified atom stereocenters. The van der Waals surface area contributed by atoms with Gasteiger partial charge in [-0.05, 0) is 31.4 Å². The van der Waals surface area contributed by atoms with Crippen LogP contribution in [0.25, 0.3) is 0 Å². The standard InChI is InChI=1S/C15H20ClNO3/c1-19-12-7-4-8-13(20-2)14(12)15(18)17(10-9-16)11-5-3-6-11/h4,7-8,11H,3,5-6,9-10H2,1-2H3. The lowest BCUT2D eigenvalue weighted by Crippen LogP contribution is -2.45. The minimum absolute atomic E-state index is 0.0651. The van der Waals surface area contributed by atoms with Crippen LogP contribution >= 0.6 is 11.6 Å². The van der Waals surface area contributed by atoms with E-state index < -0.39 is 0 Å². The van der Waals surface area contributed by atoms with Gasteiger partial charge in [0, 0.05) is 18.5 Å². The first-order valence-electron chi connectivity index (χ1n) is 6.80. The topological polar surface area (TPSA) is 38.8 Å². The predicted octanol–water partition coefficient (Wildman–Crippen LogP) is 2.94. The van der Waals surface area contributed by atoms with Crippen LogP contribution in [0.2, 0.25) is 0 Å². The third-order valence-electron chi connectivity index (χ3n) is 3.74. The number of amides is 1. The van der Waals surface area contributed by atoms with Crippen molar-refractivity contribution in [2.75, 3.05) is 26.6 Å². The number of rotatable bonds is 6. The summed E-state index contributed by atoms with van der Waals surface area (Å²) in [7, 11) is 3.11. The van der Waals surface area contributed by atoms with Crippen molar-refractivity contribution in [3.05, 3.63) is 23.8 Å². The second-order valence-electron chi connectivity index (χ2n) is 4.81. The van der Waals surface area contributed by atoms with Crippen molar-refractivity contribution in [3.8, 4) is 11.5 Å². The summed E-state index contributed by atoms with van der Waals surface area (Å²) in [6.45, 7) is 0.548. The van der Waals surface area contributed by atoms with E-state index >= 15 is 0 Å². The molecule has 2 rings (SSSR count). The van der Waals surface area contributed by atoms with Gasteiger partial charge < -0.3 is 14.4 Å². The largest absolute Gasteiger partial charge is 0.496 e. The Morgan fingerprint density at radius 1 is 1.30 bits per heavy atom. The molecule has 1 aliphatic carbocycles. The Labute approximate surface area is 124 Å². The van der Waals surface area contributed by atoms with Crippen molar-refractivity contribution in [2.24, 2.45) is 0 Å². The van der Waals surface area contributed by atoms with Crippen LogP contribution in [0.4, 0.5) is 0 Å². The molecule has 0 atom stereocenters. The van der Waals surface area contributed by atoms with E-state index in [-0.39, 0.29) is 11.9 Å². The Bertz CT molecular complexity index is 452. The van der Waals surface area contributed by atoms with Crippen molar-refractivity contribution in [2.45, 2.75) is 25.3 Å². The predicted molar refractivity (Wildman–Crippen MR) is 78.9 cm³/mol. The van der Waals surface area contributed by atoms with Gasteiger partial charge in [0.05, 0.1) is 14.2 Å². The normalized spacial score (nSPS) is 14.6. The zero-order valence-electron chi connectivity index (χ0n) is 11.9. The van der Waals surface area contributed by atoms with E-state index in [4.69, 9.17) is 21.1 Å². The van der Waals surface area contributed by atoms with Crippen LogP contribution in [-0.4, -0.2) is 43.5 Å². The van der Waals surface area contributed by atoms with Gasteiger partial charge in [-0.25, -0.2) is 0 Å². The van der Waals surface area contributed by atoms with Crippen LogP contribution in [0.3, 0.4) is 0 Å². The highest BCUT2D eigenvalue weighted by Crippen LogP contribution is 2.33. The first-order chi connectivity index (χ1) is 9.72. The fourth-order valence-corrected chi connectivity index (χ4v) is 2.63. The molecule has 1 aliphatic rings. The second-order valence-corrected chi connectivity index (χ2v) is 5.19. The van der Waals surface area contributed by atoms with Crippen molar-refractivity contribution < 1.29 is 14.3 Å². The lowest BCUT2D eigenvalue weighted by Gasteiger charge is -2.37. The van der Waals surface area contributed by atoms with Gasteiger partial charge in [-0.1, -0.05) is 6.07 Å². The molecule has 0 heterocycles.